The van der Waals surface area contributed by atoms with Crippen molar-refractivity contribution in [2.75, 3.05) is 0 Å². The van der Waals surface area contributed by atoms with E-state index in [9.17, 15) is 0 Å². The number of aromatic amines is 2. The maximum absolute atomic E-state index is 3.27. The van der Waals surface area contributed by atoms with Crippen molar-refractivity contribution in [2.45, 2.75) is 5.52 Å². The van der Waals surface area contributed by atoms with Crippen molar-refractivity contribution in [1.82, 2.24) is 9.97 Å². The van der Waals surface area contributed by atoms with Crippen molar-refractivity contribution in [1.29, 1.82) is 0 Å². The van der Waals surface area contributed by atoms with E-state index in [4.69, 9.17) is 0 Å². The Hall–Kier alpha value is -0.817. The zero-order valence-corrected chi connectivity index (χ0v) is 8.56. The third kappa shape index (κ3) is 1.37. The fourth-order valence-corrected chi connectivity index (χ4v) is 3.79. The minimum absolute atomic E-state index is 0.976. The molecule has 65 valence electrons. The monoisotopic (exact) mass is 249 g/mol. The first-order valence-corrected chi connectivity index (χ1v) is 7.17. The maximum atomic E-state index is 3.27. The summed E-state index contributed by atoms with van der Waals surface area (Å²) in [6.07, 6.45) is 3.98. The van der Waals surface area contributed by atoms with Gasteiger partial charge < -0.3 is 0 Å². The molecule has 2 nitrogen and oxygen atoms in total. The van der Waals surface area contributed by atoms with Crippen LogP contribution in [0.15, 0.2) is 36.7 Å². The average molecular weight is 248 g/mol. The van der Waals surface area contributed by atoms with E-state index in [0.29, 0.717) is 0 Å². The molecule has 2 rings (SSSR count). The molecule has 0 aliphatic heterocycles. The Morgan fingerprint density at radius 3 is 1.83 bits per heavy atom. The first-order valence-electron chi connectivity index (χ1n) is 3.70. The molecule has 0 saturated heterocycles. The quantitative estimate of drug-likeness (QED) is 0.742. The van der Waals surface area contributed by atoms with Gasteiger partial charge in [0.15, 0.2) is 0 Å². The number of hydrogen-bond donors (Lipinski definition) is 2. The van der Waals surface area contributed by atoms with Crippen LogP contribution in [-0.4, -0.2) is 9.97 Å². The van der Waals surface area contributed by atoms with Crippen LogP contribution in [0.5, 0.6) is 0 Å². The molecule has 0 amide bonds. The van der Waals surface area contributed by atoms with Crippen molar-refractivity contribution in [2.24, 2.45) is 0 Å². The third-order valence-corrected chi connectivity index (χ3v) is 5.57. The van der Waals surface area contributed by atoms with Gasteiger partial charge in [0.2, 0.25) is 0 Å². The molecule has 2 N–H and O–H groups in total. The number of hydrogen-bond acceptors (Lipinski definition) is 0. The van der Waals surface area contributed by atoms with Crippen LogP contribution < -0.4 is 8.58 Å². The summed E-state index contributed by atoms with van der Waals surface area (Å²) in [5.74, 6) is 0. The van der Waals surface area contributed by atoms with Crippen LogP contribution in [0, 0.1) is 0 Å². The molecular weight excluding hydrogens is 237 g/mol. The molecule has 12 heavy (non-hydrogen) atoms. The van der Waals surface area contributed by atoms with Gasteiger partial charge in [-0.2, -0.15) is 0 Å². The standard InChI is InChI=1S/2C4H4N.CH3.Ru/c2*1-2-4-5-3-1;;/h2*1-3,5H;1H3;. The summed E-state index contributed by atoms with van der Waals surface area (Å²) in [4.78, 5) is 6.54. The van der Waals surface area contributed by atoms with Crippen LogP contribution in [0.25, 0.3) is 0 Å². The summed E-state index contributed by atoms with van der Waals surface area (Å²) in [6.45, 7) is 0. The van der Waals surface area contributed by atoms with Gasteiger partial charge in [0.05, 0.1) is 0 Å². The second-order valence-electron chi connectivity index (χ2n) is 2.45. The molecule has 0 spiro atoms. The first kappa shape index (κ1) is 7.81. The Bertz CT molecular complexity index is 289. The summed E-state index contributed by atoms with van der Waals surface area (Å²) in [5.41, 5.74) is 2.32. The van der Waals surface area contributed by atoms with Crippen molar-refractivity contribution in [3.8, 4) is 0 Å². The predicted octanol–water partition coefficient (Wildman–Crippen LogP) is 0.960. The van der Waals surface area contributed by atoms with Crippen LogP contribution in [0.3, 0.4) is 0 Å². The second kappa shape index (κ2) is 3.28. The SMILES string of the molecule is [CH3][Ru]([c]1ccc[nH]1)[c]1ccc[nH]1. The predicted molar refractivity (Wildman–Crippen MR) is 46.7 cm³/mol. The third-order valence-electron chi connectivity index (χ3n) is 1.68. The molecule has 0 saturated carbocycles. The fraction of sp³-hybridized carbons (Fsp3) is 0.111. The van der Waals surface area contributed by atoms with Crippen molar-refractivity contribution >= 4 is 8.58 Å². The van der Waals surface area contributed by atoms with Gasteiger partial charge in [-0.25, -0.2) is 0 Å². The normalized spacial score (nSPS) is 11.6. The van der Waals surface area contributed by atoms with E-state index in [1.807, 2.05) is 12.4 Å². The van der Waals surface area contributed by atoms with Crippen LogP contribution in [0.4, 0.5) is 0 Å². The summed E-state index contributed by atoms with van der Waals surface area (Å²) in [5, 5.41) is 0. The Balaban J connectivity index is 2.27. The van der Waals surface area contributed by atoms with Crippen molar-refractivity contribution < 1.29 is 16.0 Å². The van der Waals surface area contributed by atoms with Gasteiger partial charge in [0, 0.05) is 0 Å². The van der Waals surface area contributed by atoms with Crippen molar-refractivity contribution in [3.63, 3.8) is 0 Å². The number of H-pyrrole nitrogens is 2. The van der Waals surface area contributed by atoms with E-state index in [1.54, 1.807) is 0 Å². The Labute approximate surface area is 76.9 Å². The molecule has 0 aliphatic rings. The molecular formula is C9H11N2Ru. The van der Waals surface area contributed by atoms with Crippen LogP contribution >= 0.6 is 0 Å². The molecule has 3 heteroatoms. The minimum atomic E-state index is -0.976. The van der Waals surface area contributed by atoms with E-state index in [1.165, 1.54) is 8.58 Å². The molecule has 0 fully saturated rings. The molecule has 0 unspecified atom stereocenters. The van der Waals surface area contributed by atoms with Crippen LogP contribution in [0.2, 0.25) is 5.52 Å². The van der Waals surface area contributed by atoms with Crippen LogP contribution in [-0.2, 0) is 16.0 Å². The van der Waals surface area contributed by atoms with Gasteiger partial charge in [0.1, 0.15) is 0 Å². The first-order chi connectivity index (χ1) is 5.88. The molecule has 2 heterocycles. The second-order valence-corrected chi connectivity index (χ2v) is 6.50. The Morgan fingerprint density at radius 1 is 1.00 bits per heavy atom. The van der Waals surface area contributed by atoms with E-state index in [2.05, 4.69) is 39.8 Å². The fourth-order valence-electron chi connectivity index (χ4n) is 1.04. The molecule has 0 atom stereocenters. The Kier molecular flexibility index (Phi) is 2.14. The van der Waals surface area contributed by atoms with Crippen molar-refractivity contribution in [3.05, 3.63) is 36.7 Å². The van der Waals surface area contributed by atoms with Gasteiger partial charge in [-0.3, -0.25) is 0 Å². The summed E-state index contributed by atoms with van der Waals surface area (Å²) in [7, 11) is 0. The van der Waals surface area contributed by atoms with Crippen LogP contribution in [0.1, 0.15) is 0 Å². The van der Waals surface area contributed by atoms with E-state index in [0.717, 1.165) is 0 Å². The van der Waals surface area contributed by atoms with E-state index in [-0.39, 0.29) is 0 Å². The topological polar surface area (TPSA) is 31.6 Å². The molecule has 0 aliphatic carbocycles. The van der Waals surface area contributed by atoms with Gasteiger partial charge in [-0.15, -0.1) is 0 Å². The number of nitrogens with one attached hydrogen (secondary N) is 2. The summed E-state index contributed by atoms with van der Waals surface area (Å²) >= 11 is -0.976. The summed E-state index contributed by atoms with van der Waals surface area (Å²) in [6, 6.07) is 8.45. The Morgan fingerprint density at radius 2 is 1.50 bits per heavy atom. The molecule has 0 aromatic carbocycles. The van der Waals surface area contributed by atoms with Gasteiger partial charge >= 0.3 is 76.7 Å². The molecule has 0 bridgehead atoms. The van der Waals surface area contributed by atoms with Gasteiger partial charge in [-0.1, -0.05) is 0 Å². The van der Waals surface area contributed by atoms with Gasteiger partial charge in [-0.05, 0) is 0 Å². The van der Waals surface area contributed by atoms with E-state index >= 15 is 0 Å². The number of aromatic nitrogens is 2. The number of rotatable bonds is 2. The summed E-state index contributed by atoms with van der Waals surface area (Å²) < 4.78 is 2.78. The molecule has 2 aromatic heterocycles. The zero-order chi connectivity index (χ0) is 8.39. The molecule has 0 radical (unpaired) electrons. The molecule has 2 aromatic rings. The average Bonchev–Trinajstić information content (AvgIpc) is 2.77. The zero-order valence-electron chi connectivity index (χ0n) is 6.82. The van der Waals surface area contributed by atoms with E-state index < -0.39 is 16.0 Å². The van der Waals surface area contributed by atoms with Gasteiger partial charge in [0.25, 0.3) is 0 Å².